The Morgan fingerprint density at radius 1 is 0.472 bits per heavy atom. The van der Waals surface area contributed by atoms with Crippen molar-refractivity contribution >= 4 is 35.3 Å². The molecule has 0 fully saturated rings. The van der Waals surface area contributed by atoms with Crippen LogP contribution >= 0.6 is 0 Å². The molecule has 0 aliphatic carbocycles. The van der Waals surface area contributed by atoms with Gasteiger partial charge in [0.2, 0.25) is 0 Å². The molecule has 0 bridgehead atoms. The van der Waals surface area contributed by atoms with Gasteiger partial charge in [-0.15, -0.1) is 0 Å². The Kier molecular flexibility index (Phi) is 15.9. The second kappa shape index (κ2) is 23.7. The second-order valence-electron chi connectivity index (χ2n) is 17.4. The molecule has 5 heterocycles. The third-order valence-electron chi connectivity index (χ3n) is 11.9. The molecule has 9 rings (SSSR count). The first kappa shape index (κ1) is 48.3. The molecule has 2 N–H and O–H groups in total. The molecule has 0 spiro atoms. The van der Waals surface area contributed by atoms with Gasteiger partial charge in [0.25, 0.3) is 23.6 Å². The third-order valence-corrected chi connectivity index (χ3v) is 11.9. The van der Waals surface area contributed by atoms with E-state index in [1.54, 1.807) is 73.1 Å². The summed E-state index contributed by atoms with van der Waals surface area (Å²) in [7, 11) is 0. The van der Waals surface area contributed by atoms with Crippen molar-refractivity contribution in [3.8, 4) is 5.75 Å². The van der Waals surface area contributed by atoms with Gasteiger partial charge >= 0.3 is 0 Å². The van der Waals surface area contributed by atoms with Gasteiger partial charge in [-0.25, -0.2) is 9.97 Å². The third kappa shape index (κ3) is 13.1. The molecule has 360 valence electrons. The first-order valence-electron chi connectivity index (χ1n) is 23.9. The van der Waals surface area contributed by atoms with Crippen molar-refractivity contribution in [3.63, 3.8) is 0 Å². The number of carbonyl (C=O) groups is 4. The number of nitrogens with one attached hydrogen (secondary N) is 2. The molecule has 1 aliphatic heterocycles. The minimum atomic E-state index is -0.267. The van der Waals surface area contributed by atoms with E-state index in [-0.39, 0.29) is 23.6 Å². The number of amides is 4. The minimum Gasteiger partial charge on any atom is -0.494 e. The zero-order chi connectivity index (χ0) is 49.5. The molecule has 4 aromatic heterocycles. The number of unbranched alkanes of at least 4 members (excludes halogenated alkanes) is 1. The zero-order valence-electron chi connectivity index (χ0n) is 39.6. The molecule has 0 atom stereocenters. The first-order chi connectivity index (χ1) is 35.3. The van der Waals surface area contributed by atoms with Gasteiger partial charge in [0, 0.05) is 69.3 Å². The number of hydrogen-bond acceptors (Lipinski definition) is 11. The van der Waals surface area contributed by atoms with Crippen LogP contribution < -0.4 is 15.4 Å². The Hall–Kier alpha value is -8.72. The van der Waals surface area contributed by atoms with Crippen molar-refractivity contribution in [2.45, 2.75) is 52.1 Å². The lowest BCUT2D eigenvalue weighted by Crippen LogP contribution is -2.30. The van der Waals surface area contributed by atoms with Crippen LogP contribution in [0.3, 0.4) is 0 Å². The number of ether oxygens (including phenoxy) is 1. The predicted octanol–water partition coefficient (Wildman–Crippen LogP) is 9.63. The van der Waals surface area contributed by atoms with Crippen molar-refractivity contribution in [2.24, 2.45) is 0 Å². The van der Waals surface area contributed by atoms with Crippen LogP contribution in [0.25, 0.3) is 0 Å². The van der Waals surface area contributed by atoms with Gasteiger partial charge in [0.15, 0.2) is 0 Å². The Labute approximate surface area is 418 Å². The highest BCUT2D eigenvalue weighted by atomic mass is 16.5. The van der Waals surface area contributed by atoms with E-state index in [0.29, 0.717) is 105 Å². The molecule has 72 heavy (non-hydrogen) atoms. The maximum atomic E-state index is 13.1. The van der Waals surface area contributed by atoms with E-state index in [9.17, 15) is 19.2 Å². The van der Waals surface area contributed by atoms with Crippen molar-refractivity contribution in [1.29, 1.82) is 0 Å². The zero-order valence-corrected chi connectivity index (χ0v) is 39.6. The summed E-state index contributed by atoms with van der Waals surface area (Å²) in [4.78, 5) is 77.1. The monoisotopic (exact) mass is 955 g/mol. The summed E-state index contributed by atoms with van der Waals surface area (Å²) in [5.41, 5.74) is 7.22. The lowest BCUT2D eigenvalue weighted by Gasteiger charge is -2.25. The number of pyridine rings is 4. The SMILES string of the molecule is O=C(Nc1cccc(CN(Cc2cc(CN(Cc3ccccn3)Cc3cccc(NC(=O)c4ccccc4)n3)cc(OCCCCN3C(=O)c4ccccc4C3=O)c2)Cc2ccccn2)n1)c1ccccc1. The summed E-state index contributed by atoms with van der Waals surface area (Å²) in [6.07, 6.45) is 4.74. The van der Waals surface area contributed by atoms with E-state index in [1.807, 2.05) is 109 Å². The number of benzene rings is 4. The molecule has 0 saturated carbocycles. The number of anilines is 2. The van der Waals surface area contributed by atoms with Crippen LogP contribution in [0, 0.1) is 0 Å². The average Bonchev–Trinajstić information content (AvgIpc) is 3.64. The average molecular weight is 956 g/mol. The molecule has 14 nitrogen and oxygen atoms in total. The smallest absolute Gasteiger partial charge is 0.261 e. The number of nitrogens with zero attached hydrogens (tertiary/aromatic N) is 7. The van der Waals surface area contributed by atoms with Crippen LogP contribution in [0.15, 0.2) is 188 Å². The lowest BCUT2D eigenvalue weighted by molar-refractivity contribution is 0.0649. The van der Waals surface area contributed by atoms with E-state index in [2.05, 4.69) is 36.5 Å². The molecule has 0 radical (unpaired) electrons. The first-order valence-corrected chi connectivity index (χ1v) is 23.9. The topological polar surface area (TPSA) is 163 Å². The highest BCUT2D eigenvalue weighted by Gasteiger charge is 2.34. The standard InChI is InChI=1S/C58H53N9O5/c68-55(44-17-3-1-4-18-44)63-53-27-15-23-48(61-53)40-65(38-46-21-9-11-29-59-46)36-42-33-43(35-50(34-42)72-32-14-13-31-67-57(70)51-25-7-8-26-52(51)58(67)71)37-66(39-47-22-10-12-30-60-47)41-49-24-16-28-54(62-49)64-56(69)45-19-5-2-6-20-45/h1-12,15-30,33-35H,13-14,31-32,36-41H2,(H,61,63,68)(H,62,64,69). The van der Waals surface area contributed by atoms with Gasteiger partial charge in [-0.05, 0) is 121 Å². The van der Waals surface area contributed by atoms with Gasteiger partial charge in [0.1, 0.15) is 17.4 Å². The van der Waals surface area contributed by atoms with Crippen LogP contribution in [0.1, 0.15) is 88.2 Å². The van der Waals surface area contributed by atoms with Crippen molar-refractivity contribution < 1.29 is 23.9 Å². The van der Waals surface area contributed by atoms with Crippen LogP contribution in [0.5, 0.6) is 5.75 Å². The van der Waals surface area contributed by atoms with Crippen molar-refractivity contribution in [2.75, 3.05) is 23.8 Å². The van der Waals surface area contributed by atoms with Gasteiger partial charge in [0.05, 0.1) is 40.5 Å². The fraction of sp³-hybridized carbons (Fsp3) is 0.172. The molecule has 8 aromatic rings. The molecule has 4 amide bonds. The van der Waals surface area contributed by atoms with E-state index < -0.39 is 0 Å². The van der Waals surface area contributed by atoms with E-state index in [1.165, 1.54) is 4.90 Å². The van der Waals surface area contributed by atoms with Crippen molar-refractivity contribution in [1.82, 2.24) is 34.6 Å². The van der Waals surface area contributed by atoms with E-state index in [0.717, 1.165) is 33.9 Å². The van der Waals surface area contributed by atoms with Crippen molar-refractivity contribution in [3.05, 3.63) is 244 Å². The fourth-order valence-corrected chi connectivity index (χ4v) is 8.58. The summed E-state index contributed by atoms with van der Waals surface area (Å²) in [5.74, 6) is 0.557. The number of fused-ring (bicyclic) bond motifs is 1. The molecule has 1 aliphatic rings. The van der Waals surface area contributed by atoms with Crippen LogP contribution in [-0.4, -0.2) is 71.4 Å². The molecular weight excluding hydrogens is 903 g/mol. The molecule has 0 unspecified atom stereocenters. The Balaban J connectivity index is 0.969. The summed E-state index contributed by atoms with van der Waals surface area (Å²) in [5, 5.41) is 5.89. The fourth-order valence-electron chi connectivity index (χ4n) is 8.58. The number of hydrogen-bond donors (Lipinski definition) is 2. The predicted molar refractivity (Wildman–Crippen MR) is 275 cm³/mol. The highest BCUT2D eigenvalue weighted by molar-refractivity contribution is 6.21. The summed E-state index contributed by atoms with van der Waals surface area (Å²) in [6.45, 7) is 3.55. The van der Waals surface area contributed by atoms with Gasteiger partial charge < -0.3 is 15.4 Å². The minimum absolute atomic E-state index is 0.242. The van der Waals surface area contributed by atoms with E-state index in [4.69, 9.17) is 14.7 Å². The Morgan fingerprint density at radius 3 is 1.39 bits per heavy atom. The molecular formula is C58H53N9O5. The van der Waals surface area contributed by atoms with Gasteiger partial charge in [-0.3, -0.25) is 43.8 Å². The molecule has 0 saturated heterocycles. The van der Waals surface area contributed by atoms with Crippen LogP contribution in [-0.2, 0) is 39.3 Å². The molecule has 14 heteroatoms. The van der Waals surface area contributed by atoms with Gasteiger partial charge in [-0.1, -0.05) is 78.9 Å². The lowest BCUT2D eigenvalue weighted by atomic mass is 10.1. The highest BCUT2D eigenvalue weighted by Crippen LogP contribution is 2.26. The van der Waals surface area contributed by atoms with Crippen LogP contribution in [0.2, 0.25) is 0 Å². The summed E-state index contributed by atoms with van der Waals surface area (Å²) < 4.78 is 6.53. The Morgan fingerprint density at radius 2 is 0.917 bits per heavy atom. The normalized spacial score (nSPS) is 12.0. The quantitative estimate of drug-likeness (QED) is 0.0491. The maximum Gasteiger partial charge on any atom is 0.261 e. The number of rotatable bonds is 22. The number of carbonyl (C=O) groups excluding carboxylic acids is 4. The molecule has 4 aromatic carbocycles. The number of imide groups is 1. The van der Waals surface area contributed by atoms with Gasteiger partial charge in [-0.2, -0.15) is 0 Å². The largest absolute Gasteiger partial charge is 0.494 e. The second-order valence-corrected chi connectivity index (χ2v) is 17.4. The van der Waals surface area contributed by atoms with Crippen LogP contribution in [0.4, 0.5) is 11.6 Å². The van der Waals surface area contributed by atoms with E-state index >= 15 is 0 Å². The summed E-state index contributed by atoms with van der Waals surface area (Å²) >= 11 is 0. The maximum absolute atomic E-state index is 13.1. The summed E-state index contributed by atoms with van der Waals surface area (Å²) in [6, 6.07) is 54.2. The number of aromatic nitrogens is 4. The Bertz CT molecular complexity index is 2930.